The minimum atomic E-state index is -0.0654. The first-order valence-electron chi connectivity index (χ1n) is 8.00. The summed E-state index contributed by atoms with van der Waals surface area (Å²) in [5, 5.41) is 4.48. The molecule has 1 heterocycles. The topological polar surface area (TPSA) is 65.2 Å². The molecule has 0 spiro atoms. The van der Waals surface area contributed by atoms with Gasteiger partial charge in [0.2, 0.25) is 0 Å². The highest BCUT2D eigenvalue weighted by molar-refractivity contribution is 6.30. The smallest absolute Gasteiger partial charge is 0.264 e. The molecule has 0 bridgehead atoms. The van der Waals surface area contributed by atoms with E-state index in [9.17, 15) is 4.79 Å². The van der Waals surface area contributed by atoms with E-state index in [0.717, 1.165) is 12.8 Å². The zero-order chi connectivity index (χ0) is 17.6. The minimum Gasteiger partial charge on any atom is -0.484 e. The van der Waals surface area contributed by atoms with Gasteiger partial charge in [0.1, 0.15) is 5.75 Å². The Bertz CT molecular complexity index is 842. The van der Waals surface area contributed by atoms with Gasteiger partial charge in [-0.2, -0.15) is 4.98 Å². The van der Waals surface area contributed by atoms with Gasteiger partial charge in [-0.05, 0) is 55.0 Å². The first-order chi connectivity index (χ1) is 12.2. The Morgan fingerprint density at radius 3 is 2.36 bits per heavy atom. The van der Waals surface area contributed by atoms with Crippen molar-refractivity contribution in [1.82, 2.24) is 10.1 Å². The predicted molar refractivity (Wildman–Crippen MR) is 94.0 cm³/mol. The van der Waals surface area contributed by atoms with Crippen LogP contribution in [0, 0.1) is 0 Å². The van der Waals surface area contributed by atoms with Crippen LogP contribution in [0.1, 0.15) is 41.0 Å². The van der Waals surface area contributed by atoms with Gasteiger partial charge in [0, 0.05) is 22.6 Å². The summed E-state index contributed by atoms with van der Waals surface area (Å²) in [5.74, 6) is 1.68. The lowest BCUT2D eigenvalue weighted by Gasteiger charge is -2.05. The normalized spacial score (nSPS) is 10.6. The van der Waals surface area contributed by atoms with E-state index in [2.05, 4.69) is 17.1 Å². The van der Waals surface area contributed by atoms with Gasteiger partial charge in [-0.25, -0.2) is 0 Å². The monoisotopic (exact) mass is 356 g/mol. The molecule has 0 aliphatic rings. The zero-order valence-electron chi connectivity index (χ0n) is 13.7. The first-order valence-corrected chi connectivity index (χ1v) is 8.38. The Balaban J connectivity index is 1.61. The van der Waals surface area contributed by atoms with Crippen LogP contribution in [0.2, 0.25) is 5.02 Å². The fraction of sp³-hybridized carbons (Fsp3) is 0.211. The summed E-state index contributed by atoms with van der Waals surface area (Å²) in [6, 6.07) is 13.7. The molecule has 0 radical (unpaired) electrons. The highest BCUT2D eigenvalue weighted by Gasteiger charge is 2.10. The van der Waals surface area contributed by atoms with Crippen LogP contribution in [0.15, 0.2) is 53.1 Å². The predicted octanol–water partition coefficient (Wildman–Crippen LogP) is 4.49. The molecule has 128 valence electrons. The SMILES string of the molecule is CCCc1noc(COc2ccc(C(=O)c3ccc(Cl)cc3)cc2)n1. The average molecular weight is 357 g/mol. The van der Waals surface area contributed by atoms with Crippen molar-refractivity contribution >= 4 is 17.4 Å². The second kappa shape index (κ2) is 7.94. The lowest BCUT2D eigenvalue weighted by atomic mass is 10.0. The first kappa shape index (κ1) is 17.2. The maximum Gasteiger partial charge on any atom is 0.264 e. The molecule has 0 aliphatic heterocycles. The molecule has 6 heteroatoms. The molecule has 25 heavy (non-hydrogen) atoms. The molecule has 0 atom stereocenters. The molecule has 5 nitrogen and oxygen atoms in total. The van der Waals surface area contributed by atoms with Crippen LogP contribution >= 0.6 is 11.6 Å². The van der Waals surface area contributed by atoms with Crippen molar-refractivity contribution in [3.8, 4) is 5.75 Å². The lowest BCUT2D eigenvalue weighted by Crippen LogP contribution is -2.01. The summed E-state index contributed by atoms with van der Waals surface area (Å²) in [4.78, 5) is 16.6. The molecule has 0 unspecified atom stereocenters. The van der Waals surface area contributed by atoms with Crippen molar-refractivity contribution in [3.63, 3.8) is 0 Å². The Hall–Kier alpha value is -2.66. The fourth-order valence-electron chi connectivity index (χ4n) is 2.29. The number of ketones is 1. The van der Waals surface area contributed by atoms with Crippen molar-refractivity contribution in [2.75, 3.05) is 0 Å². The summed E-state index contributed by atoms with van der Waals surface area (Å²) in [6.45, 7) is 2.25. The van der Waals surface area contributed by atoms with E-state index >= 15 is 0 Å². The van der Waals surface area contributed by atoms with Crippen molar-refractivity contribution in [1.29, 1.82) is 0 Å². The van der Waals surface area contributed by atoms with Crippen LogP contribution in [-0.2, 0) is 13.0 Å². The van der Waals surface area contributed by atoms with Crippen LogP contribution in [0.4, 0.5) is 0 Å². The van der Waals surface area contributed by atoms with Gasteiger partial charge >= 0.3 is 0 Å². The molecule has 0 aliphatic carbocycles. The summed E-state index contributed by atoms with van der Waals surface area (Å²) < 4.78 is 10.7. The van der Waals surface area contributed by atoms with E-state index in [4.69, 9.17) is 20.9 Å². The summed E-state index contributed by atoms with van der Waals surface area (Å²) in [6.07, 6.45) is 1.74. The molecule has 0 saturated heterocycles. The maximum atomic E-state index is 12.4. The zero-order valence-corrected chi connectivity index (χ0v) is 14.5. The third-order valence-electron chi connectivity index (χ3n) is 3.57. The van der Waals surface area contributed by atoms with Gasteiger partial charge in [-0.15, -0.1) is 0 Å². The molecule has 2 aromatic carbocycles. The minimum absolute atomic E-state index is 0.0654. The van der Waals surface area contributed by atoms with Crippen LogP contribution in [0.25, 0.3) is 0 Å². The Kier molecular flexibility index (Phi) is 5.46. The second-order valence-electron chi connectivity index (χ2n) is 5.50. The highest BCUT2D eigenvalue weighted by atomic mass is 35.5. The van der Waals surface area contributed by atoms with Gasteiger partial charge in [-0.1, -0.05) is 23.7 Å². The van der Waals surface area contributed by atoms with Crippen LogP contribution in [0.5, 0.6) is 5.75 Å². The number of hydrogen-bond donors (Lipinski definition) is 0. The third-order valence-corrected chi connectivity index (χ3v) is 3.82. The largest absolute Gasteiger partial charge is 0.484 e. The standard InChI is InChI=1S/C19H17ClN2O3/c1-2-3-17-21-18(25-22-17)12-24-16-10-6-14(7-11-16)19(23)13-4-8-15(20)9-5-13/h4-11H,2-3,12H2,1H3. The van der Waals surface area contributed by atoms with E-state index in [-0.39, 0.29) is 12.4 Å². The number of aryl methyl sites for hydroxylation is 1. The van der Waals surface area contributed by atoms with Crippen LogP contribution < -0.4 is 4.74 Å². The van der Waals surface area contributed by atoms with Gasteiger partial charge in [0.15, 0.2) is 18.2 Å². The van der Waals surface area contributed by atoms with E-state index in [1.807, 2.05) is 0 Å². The summed E-state index contributed by atoms with van der Waals surface area (Å²) >= 11 is 5.84. The van der Waals surface area contributed by atoms with Crippen molar-refractivity contribution in [3.05, 3.63) is 76.4 Å². The Morgan fingerprint density at radius 2 is 1.72 bits per heavy atom. The number of nitrogens with zero attached hydrogens (tertiary/aromatic N) is 2. The number of hydrogen-bond acceptors (Lipinski definition) is 5. The average Bonchev–Trinajstić information content (AvgIpc) is 3.08. The lowest BCUT2D eigenvalue weighted by molar-refractivity contribution is 0.103. The number of rotatable bonds is 7. The molecule has 0 fully saturated rings. The van der Waals surface area contributed by atoms with E-state index < -0.39 is 0 Å². The Morgan fingerprint density at radius 1 is 1.08 bits per heavy atom. The van der Waals surface area contributed by atoms with Crippen molar-refractivity contribution in [2.24, 2.45) is 0 Å². The quantitative estimate of drug-likeness (QED) is 0.584. The number of halogens is 1. The molecule has 1 aromatic heterocycles. The molecule has 0 amide bonds. The number of carbonyl (C=O) groups is 1. The summed E-state index contributed by atoms with van der Waals surface area (Å²) in [7, 11) is 0. The molecular formula is C19H17ClN2O3. The molecule has 0 saturated carbocycles. The number of ether oxygens (including phenoxy) is 1. The van der Waals surface area contributed by atoms with Crippen molar-refractivity contribution in [2.45, 2.75) is 26.4 Å². The van der Waals surface area contributed by atoms with Gasteiger partial charge in [0.05, 0.1) is 0 Å². The fourth-order valence-corrected chi connectivity index (χ4v) is 2.42. The van der Waals surface area contributed by atoms with Crippen molar-refractivity contribution < 1.29 is 14.1 Å². The van der Waals surface area contributed by atoms with Crippen LogP contribution in [-0.4, -0.2) is 15.9 Å². The maximum absolute atomic E-state index is 12.4. The third kappa shape index (κ3) is 4.45. The molecule has 3 rings (SSSR count). The van der Waals surface area contributed by atoms with Gasteiger partial charge < -0.3 is 9.26 Å². The number of aromatic nitrogens is 2. The molecular weight excluding hydrogens is 340 g/mol. The number of benzene rings is 2. The Labute approximate surface area is 150 Å². The highest BCUT2D eigenvalue weighted by Crippen LogP contribution is 2.18. The van der Waals surface area contributed by atoms with E-state index in [1.165, 1.54) is 0 Å². The van der Waals surface area contributed by atoms with Gasteiger partial charge in [-0.3, -0.25) is 4.79 Å². The number of carbonyl (C=O) groups excluding carboxylic acids is 1. The second-order valence-corrected chi connectivity index (χ2v) is 5.94. The van der Waals surface area contributed by atoms with E-state index in [1.54, 1.807) is 48.5 Å². The summed E-state index contributed by atoms with van der Waals surface area (Å²) in [5.41, 5.74) is 1.17. The van der Waals surface area contributed by atoms with E-state index in [0.29, 0.717) is 33.6 Å². The van der Waals surface area contributed by atoms with Gasteiger partial charge in [0.25, 0.3) is 5.89 Å². The molecule has 3 aromatic rings. The molecule has 0 N–H and O–H groups in total. The van der Waals surface area contributed by atoms with Crippen LogP contribution in [0.3, 0.4) is 0 Å².